The van der Waals surface area contributed by atoms with Crippen molar-refractivity contribution in [3.8, 4) is 16.9 Å². The van der Waals surface area contributed by atoms with Gasteiger partial charge >= 0.3 is 6.36 Å². The summed E-state index contributed by atoms with van der Waals surface area (Å²) in [5, 5.41) is 0. The van der Waals surface area contributed by atoms with E-state index in [0.29, 0.717) is 13.0 Å². The van der Waals surface area contributed by atoms with Crippen molar-refractivity contribution in [2.75, 3.05) is 13.1 Å². The Bertz CT molecular complexity index is 1250. The van der Waals surface area contributed by atoms with Crippen LogP contribution in [0, 0.1) is 0 Å². The van der Waals surface area contributed by atoms with Gasteiger partial charge in [-0.3, -0.25) is 4.90 Å². The molecule has 0 spiro atoms. The second-order valence-corrected chi connectivity index (χ2v) is 10.3. The van der Waals surface area contributed by atoms with Crippen LogP contribution in [0.4, 0.5) is 13.2 Å². The number of hydrogen-bond acceptors (Lipinski definition) is 4. The number of fused-ring (bicyclic) bond motifs is 3. The minimum absolute atomic E-state index is 0.0542. The van der Waals surface area contributed by atoms with Crippen molar-refractivity contribution in [3.05, 3.63) is 83.9 Å². The minimum atomic E-state index is -4.83. The normalized spacial score (nSPS) is 19.0. The Labute approximate surface area is 196 Å². The van der Waals surface area contributed by atoms with E-state index in [1.54, 1.807) is 0 Å². The van der Waals surface area contributed by atoms with Crippen LogP contribution in [0.25, 0.3) is 11.1 Å². The number of sulfonamides is 1. The minimum Gasteiger partial charge on any atom is -0.406 e. The molecule has 3 aromatic rings. The molecule has 1 fully saturated rings. The van der Waals surface area contributed by atoms with E-state index in [9.17, 15) is 21.6 Å². The van der Waals surface area contributed by atoms with E-state index in [4.69, 9.17) is 0 Å². The summed E-state index contributed by atoms with van der Waals surface area (Å²) in [5.41, 5.74) is 4.83. The summed E-state index contributed by atoms with van der Waals surface area (Å²) in [4.78, 5) is 2.21. The molecule has 0 saturated carbocycles. The van der Waals surface area contributed by atoms with Crippen LogP contribution in [0.3, 0.4) is 0 Å². The quantitative estimate of drug-likeness (QED) is 0.543. The number of rotatable bonds is 5. The van der Waals surface area contributed by atoms with Crippen LogP contribution in [0.2, 0.25) is 0 Å². The molecule has 3 aromatic carbocycles. The molecule has 9 heteroatoms. The van der Waals surface area contributed by atoms with E-state index < -0.39 is 22.1 Å². The van der Waals surface area contributed by atoms with Crippen molar-refractivity contribution in [1.29, 1.82) is 0 Å². The average molecular weight is 489 g/mol. The lowest BCUT2D eigenvalue weighted by molar-refractivity contribution is -0.274. The van der Waals surface area contributed by atoms with Gasteiger partial charge in [0.1, 0.15) is 5.75 Å². The zero-order valence-electron chi connectivity index (χ0n) is 18.1. The summed E-state index contributed by atoms with van der Waals surface area (Å²) in [5.74, 6) is -0.464. The van der Waals surface area contributed by atoms with Gasteiger partial charge in [0.05, 0.1) is 10.9 Å². The molecule has 1 unspecified atom stereocenters. The third-order valence-electron chi connectivity index (χ3n) is 6.31. The van der Waals surface area contributed by atoms with Gasteiger partial charge in [0.15, 0.2) is 0 Å². The van der Waals surface area contributed by atoms with Crippen LogP contribution in [-0.4, -0.2) is 38.8 Å². The summed E-state index contributed by atoms with van der Waals surface area (Å²) < 4.78 is 69.6. The second kappa shape index (κ2) is 8.72. The number of ether oxygens (including phenoxy) is 1. The van der Waals surface area contributed by atoms with Crippen molar-refractivity contribution in [3.63, 3.8) is 0 Å². The highest BCUT2D eigenvalue weighted by atomic mass is 32.2. The molecule has 0 radical (unpaired) electrons. The first-order chi connectivity index (χ1) is 16.2. The van der Waals surface area contributed by atoms with Gasteiger partial charge in [-0.1, -0.05) is 48.5 Å². The smallest absolute Gasteiger partial charge is 0.406 e. The molecule has 5 nitrogen and oxygen atoms in total. The molecule has 0 amide bonds. The number of halogens is 3. The third-order valence-corrected chi connectivity index (χ3v) is 7.84. The van der Waals surface area contributed by atoms with Gasteiger partial charge in [0.2, 0.25) is 10.0 Å². The summed E-state index contributed by atoms with van der Waals surface area (Å²) in [6.07, 6.45) is -3.32. The van der Waals surface area contributed by atoms with E-state index in [1.165, 1.54) is 22.3 Å². The molecule has 1 atom stereocenters. The van der Waals surface area contributed by atoms with Crippen molar-refractivity contribution < 1.29 is 26.3 Å². The maximum absolute atomic E-state index is 12.9. The molecule has 0 bridgehead atoms. The van der Waals surface area contributed by atoms with E-state index in [0.717, 1.165) is 37.2 Å². The lowest BCUT2D eigenvalue weighted by Gasteiger charge is -2.37. The molecular formula is C25H23F3N2O3S. The maximum Gasteiger partial charge on any atom is 0.573 e. The van der Waals surface area contributed by atoms with Crippen LogP contribution in [-0.2, 0) is 10.0 Å². The van der Waals surface area contributed by atoms with E-state index in [-0.39, 0.29) is 17.0 Å². The number of likely N-dealkylation sites (tertiary alicyclic amines) is 1. The predicted octanol–water partition coefficient (Wildman–Crippen LogP) is 5.10. The van der Waals surface area contributed by atoms with E-state index in [1.807, 2.05) is 24.3 Å². The average Bonchev–Trinajstić information content (AvgIpc) is 3.13. The summed E-state index contributed by atoms with van der Waals surface area (Å²) in [6.45, 7) is 1.37. The van der Waals surface area contributed by atoms with Crippen LogP contribution < -0.4 is 9.46 Å². The molecule has 1 saturated heterocycles. The molecule has 1 heterocycles. The Morgan fingerprint density at radius 3 is 2.06 bits per heavy atom. The van der Waals surface area contributed by atoms with Gasteiger partial charge in [0, 0.05) is 12.6 Å². The number of piperidine rings is 1. The van der Waals surface area contributed by atoms with E-state index in [2.05, 4.69) is 38.6 Å². The Balaban J connectivity index is 1.33. The van der Waals surface area contributed by atoms with Crippen LogP contribution in [0.5, 0.6) is 5.75 Å². The molecule has 34 heavy (non-hydrogen) atoms. The fraction of sp³-hybridized carbons (Fsp3) is 0.280. The highest BCUT2D eigenvalue weighted by molar-refractivity contribution is 7.89. The molecular weight excluding hydrogens is 465 g/mol. The fourth-order valence-corrected chi connectivity index (χ4v) is 6.23. The molecule has 1 aliphatic carbocycles. The van der Waals surface area contributed by atoms with Crippen molar-refractivity contribution in [2.45, 2.75) is 36.2 Å². The third kappa shape index (κ3) is 4.55. The highest BCUT2D eigenvalue weighted by Gasteiger charge is 2.36. The first-order valence-corrected chi connectivity index (χ1v) is 12.5. The lowest BCUT2D eigenvalue weighted by atomic mass is 9.98. The fourth-order valence-electron chi connectivity index (χ4n) is 4.97. The van der Waals surface area contributed by atoms with Crippen LogP contribution >= 0.6 is 0 Å². The monoisotopic (exact) mass is 488 g/mol. The van der Waals surface area contributed by atoms with Gasteiger partial charge < -0.3 is 4.74 Å². The number of benzene rings is 3. The molecule has 178 valence electrons. The van der Waals surface area contributed by atoms with Gasteiger partial charge in [-0.15, -0.1) is 13.2 Å². The summed E-state index contributed by atoms with van der Waals surface area (Å²) in [6, 6.07) is 20.5. The zero-order chi connectivity index (χ0) is 23.9. The largest absolute Gasteiger partial charge is 0.573 e. The van der Waals surface area contributed by atoms with Gasteiger partial charge in [-0.25, -0.2) is 13.1 Å². The SMILES string of the molecule is O=S(=O)(NC1CCCN(C2c3ccccc3-c3ccccc32)C1)c1ccc(OC(F)(F)F)cc1. The molecule has 1 aliphatic heterocycles. The highest BCUT2D eigenvalue weighted by Crippen LogP contribution is 2.46. The number of alkyl halides is 3. The predicted molar refractivity (Wildman–Crippen MR) is 122 cm³/mol. The van der Waals surface area contributed by atoms with Crippen LogP contribution in [0.1, 0.15) is 30.0 Å². The Hall–Kier alpha value is -2.88. The number of nitrogens with zero attached hydrogens (tertiary/aromatic N) is 1. The molecule has 0 aromatic heterocycles. The van der Waals surface area contributed by atoms with Gasteiger partial charge in [0.25, 0.3) is 0 Å². The molecule has 5 rings (SSSR count). The lowest BCUT2D eigenvalue weighted by Crippen LogP contribution is -2.48. The van der Waals surface area contributed by atoms with E-state index >= 15 is 0 Å². The Morgan fingerprint density at radius 2 is 1.47 bits per heavy atom. The first-order valence-electron chi connectivity index (χ1n) is 11.0. The Morgan fingerprint density at radius 1 is 0.882 bits per heavy atom. The van der Waals surface area contributed by atoms with Gasteiger partial charge in [-0.05, 0) is 65.9 Å². The Kier molecular flexibility index (Phi) is 5.87. The van der Waals surface area contributed by atoms with Gasteiger partial charge in [-0.2, -0.15) is 0 Å². The summed E-state index contributed by atoms with van der Waals surface area (Å²) in [7, 11) is -3.90. The summed E-state index contributed by atoms with van der Waals surface area (Å²) >= 11 is 0. The molecule has 2 aliphatic rings. The second-order valence-electron chi connectivity index (χ2n) is 8.55. The number of hydrogen-bond donors (Lipinski definition) is 1. The van der Waals surface area contributed by atoms with Crippen molar-refractivity contribution >= 4 is 10.0 Å². The number of nitrogens with one attached hydrogen (secondary N) is 1. The first kappa shape index (κ1) is 22.9. The maximum atomic E-state index is 12.9. The van der Waals surface area contributed by atoms with Crippen LogP contribution in [0.15, 0.2) is 77.7 Å². The zero-order valence-corrected chi connectivity index (χ0v) is 18.9. The standard InChI is InChI=1S/C25H23F3N2O3S/c26-25(27,28)33-18-11-13-19(14-12-18)34(31,32)29-17-6-5-15-30(16-17)24-22-9-3-1-7-20(22)21-8-2-4-10-23(21)24/h1-4,7-14,17,24,29H,5-6,15-16H2. The van der Waals surface area contributed by atoms with Crippen molar-refractivity contribution in [1.82, 2.24) is 9.62 Å². The van der Waals surface area contributed by atoms with Crippen molar-refractivity contribution in [2.24, 2.45) is 0 Å². The molecule has 1 N–H and O–H groups in total. The topological polar surface area (TPSA) is 58.6 Å².